The number of rotatable bonds is 1. The summed E-state index contributed by atoms with van der Waals surface area (Å²) in [5.41, 5.74) is 0. The molecule has 2 rings (SSSR count). The van der Waals surface area contributed by atoms with E-state index in [4.69, 9.17) is 5.14 Å². The van der Waals surface area contributed by atoms with Crippen molar-refractivity contribution >= 4 is 10.0 Å². The lowest BCUT2D eigenvalue weighted by Gasteiger charge is -2.30. The van der Waals surface area contributed by atoms with Crippen LogP contribution in [0.3, 0.4) is 0 Å². The number of nitrogens with one attached hydrogen (secondary N) is 1. The van der Waals surface area contributed by atoms with E-state index in [-0.39, 0.29) is 16.7 Å². The summed E-state index contributed by atoms with van der Waals surface area (Å²) in [4.78, 5) is 0.273. The molecule has 2 aliphatic carbocycles. The van der Waals surface area contributed by atoms with E-state index in [0.717, 1.165) is 12.8 Å². The SMILES string of the molecule is [NH-]S(=O)(=O)C1=CC=CC2C=CCCC12. The van der Waals surface area contributed by atoms with Gasteiger partial charge >= 0.3 is 0 Å². The van der Waals surface area contributed by atoms with Gasteiger partial charge in [0.05, 0.1) is 10.0 Å². The van der Waals surface area contributed by atoms with Crippen LogP contribution < -0.4 is 0 Å². The minimum absolute atomic E-state index is 0.00694. The lowest BCUT2D eigenvalue weighted by Crippen LogP contribution is -2.21. The van der Waals surface area contributed by atoms with Gasteiger partial charge in [-0.3, -0.25) is 0 Å². The van der Waals surface area contributed by atoms with E-state index in [1.807, 2.05) is 12.2 Å². The van der Waals surface area contributed by atoms with Crippen LogP contribution in [-0.4, -0.2) is 8.42 Å². The van der Waals surface area contributed by atoms with E-state index in [1.165, 1.54) is 0 Å². The summed E-state index contributed by atoms with van der Waals surface area (Å²) >= 11 is 0. The Hall–Kier alpha value is -0.870. The quantitative estimate of drug-likeness (QED) is 0.624. The minimum atomic E-state index is -3.77. The molecule has 0 heterocycles. The number of allylic oxidation sites excluding steroid dienone is 6. The van der Waals surface area contributed by atoms with Crippen molar-refractivity contribution in [1.82, 2.24) is 0 Å². The predicted molar refractivity (Wildman–Crippen MR) is 55.8 cm³/mol. The van der Waals surface area contributed by atoms with Gasteiger partial charge in [0.15, 0.2) is 0 Å². The average Bonchev–Trinajstić information content (AvgIpc) is 2.15. The molecule has 2 aliphatic rings. The van der Waals surface area contributed by atoms with Crippen molar-refractivity contribution in [3.05, 3.63) is 40.4 Å². The maximum absolute atomic E-state index is 11.2. The third kappa shape index (κ3) is 1.67. The van der Waals surface area contributed by atoms with Crippen molar-refractivity contribution in [3.8, 4) is 0 Å². The smallest absolute Gasteiger partial charge is 0.0951 e. The second-order valence-corrected chi connectivity index (χ2v) is 5.12. The molecule has 0 aromatic carbocycles. The molecule has 0 spiro atoms. The number of fused-ring (bicyclic) bond motifs is 1. The Bertz CT molecular complexity index is 417. The Labute approximate surface area is 84.0 Å². The van der Waals surface area contributed by atoms with Gasteiger partial charge in [-0.15, -0.1) is 0 Å². The fourth-order valence-electron chi connectivity index (χ4n) is 2.08. The van der Waals surface area contributed by atoms with Crippen molar-refractivity contribution in [2.75, 3.05) is 0 Å². The third-order valence-electron chi connectivity index (χ3n) is 2.74. The van der Waals surface area contributed by atoms with Crippen LogP contribution in [0.25, 0.3) is 5.14 Å². The van der Waals surface area contributed by atoms with Gasteiger partial charge in [0.2, 0.25) is 0 Å². The van der Waals surface area contributed by atoms with Crippen molar-refractivity contribution in [2.24, 2.45) is 11.8 Å². The molecule has 0 saturated heterocycles. The lowest BCUT2D eigenvalue weighted by atomic mass is 9.81. The summed E-state index contributed by atoms with van der Waals surface area (Å²) in [5.74, 6) is 0.163. The van der Waals surface area contributed by atoms with Gasteiger partial charge in [0.1, 0.15) is 0 Å². The Kier molecular flexibility index (Phi) is 2.33. The van der Waals surface area contributed by atoms with E-state index in [9.17, 15) is 8.42 Å². The Balaban J connectivity index is 2.40. The molecule has 2 unspecified atom stereocenters. The van der Waals surface area contributed by atoms with Gasteiger partial charge in [-0.25, -0.2) is 8.42 Å². The highest BCUT2D eigenvalue weighted by atomic mass is 32.2. The summed E-state index contributed by atoms with van der Waals surface area (Å²) in [5, 5.41) is 7.10. The zero-order valence-electron chi connectivity index (χ0n) is 7.68. The molecule has 0 amide bonds. The average molecular weight is 210 g/mol. The van der Waals surface area contributed by atoms with Crippen molar-refractivity contribution in [2.45, 2.75) is 12.8 Å². The van der Waals surface area contributed by atoms with Crippen molar-refractivity contribution in [1.29, 1.82) is 0 Å². The molecule has 0 aliphatic heterocycles. The zero-order chi connectivity index (χ0) is 10.2. The first-order chi connectivity index (χ1) is 6.59. The Morgan fingerprint density at radius 3 is 2.86 bits per heavy atom. The lowest BCUT2D eigenvalue weighted by molar-refractivity contribution is 0.476. The molecule has 0 radical (unpaired) electrons. The van der Waals surface area contributed by atoms with E-state index < -0.39 is 10.0 Å². The summed E-state index contributed by atoms with van der Waals surface area (Å²) in [6.07, 6.45) is 11.1. The summed E-state index contributed by atoms with van der Waals surface area (Å²) < 4.78 is 22.4. The maximum atomic E-state index is 11.2. The molecule has 3 nitrogen and oxygen atoms in total. The zero-order valence-corrected chi connectivity index (χ0v) is 8.50. The normalized spacial score (nSPS) is 31.1. The Morgan fingerprint density at radius 1 is 1.36 bits per heavy atom. The van der Waals surface area contributed by atoms with E-state index in [1.54, 1.807) is 12.2 Å². The Morgan fingerprint density at radius 2 is 2.14 bits per heavy atom. The van der Waals surface area contributed by atoms with E-state index in [2.05, 4.69) is 6.08 Å². The fraction of sp³-hybridized carbons (Fsp3) is 0.400. The second-order valence-electron chi connectivity index (χ2n) is 3.65. The van der Waals surface area contributed by atoms with Gasteiger partial charge in [0.25, 0.3) is 0 Å². The number of sulfonamides is 1. The van der Waals surface area contributed by atoms with Gasteiger partial charge < -0.3 is 5.14 Å². The molecule has 0 saturated carbocycles. The van der Waals surface area contributed by atoms with Crippen molar-refractivity contribution in [3.63, 3.8) is 0 Å². The van der Waals surface area contributed by atoms with Gasteiger partial charge in [-0.1, -0.05) is 24.3 Å². The second kappa shape index (κ2) is 3.37. The van der Waals surface area contributed by atoms with E-state index >= 15 is 0 Å². The standard InChI is InChI=1S/C10H12NO2S/c11-14(12,13)10-7-3-5-8-4-1-2-6-9(8)10/h1,3-5,7-9H,2,6H2,(H-,11,12,13)/q-1. The van der Waals surface area contributed by atoms with Crippen LogP contribution in [0, 0.1) is 11.8 Å². The predicted octanol–water partition coefficient (Wildman–Crippen LogP) is 2.40. The molecular formula is C10H12NO2S-. The number of hydrogen-bond acceptors (Lipinski definition) is 2. The topological polar surface area (TPSA) is 57.9 Å². The van der Waals surface area contributed by atoms with Crippen molar-refractivity contribution < 1.29 is 8.42 Å². The summed E-state index contributed by atoms with van der Waals surface area (Å²) in [7, 11) is -3.77. The first-order valence-electron chi connectivity index (χ1n) is 4.64. The monoisotopic (exact) mass is 210 g/mol. The van der Waals surface area contributed by atoms with Crippen LogP contribution >= 0.6 is 0 Å². The van der Waals surface area contributed by atoms with E-state index in [0.29, 0.717) is 0 Å². The highest BCUT2D eigenvalue weighted by Crippen LogP contribution is 2.37. The molecule has 4 heteroatoms. The molecule has 0 aromatic rings. The first-order valence-corrected chi connectivity index (χ1v) is 6.12. The summed E-state index contributed by atoms with van der Waals surface area (Å²) in [6, 6.07) is 0. The molecular weight excluding hydrogens is 198 g/mol. The molecule has 0 aromatic heterocycles. The summed E-state index contributed by atoms with van der Waals surface area (Å²) in [6.45, 7) is 0. The maximum Gasteiger partial charge on any atom is 0.0951 e. The van der Waals surface area contributed by atoms with Crippen LogP contribution in [-0.2, 0) is 10.0 Å². The van der Waals surface area contributed by atoms with Gasteiger partial charge in [-0.2, -0.15) is 0 Å². The van der Waals surface area contributed by atoms with Crippen LogP contribution in [0.5, 0.6) is 0 Å². The highest BCUT2D eigenvalue weighted by molar-refractivity contribution is 7.96. The van der Waals surface area contributed by atoms with Crippen LogP contribution in [0.15, 0.2) is 35.3 Å². The van der Waals surface area contributed by atoms with Gasteiger partial charge in [0, 0.05) is 16.7 Å². The highest BCUT2D eigenvalue weighted by Gasteiger charge is 2.28. The third-order valence-corrected chi connectivity index (χ3v) is 3.80. The molecule has 0 fully saturated rings. The first kappa shape index (κ1) is 9.68. The minimum Gasteiger partial charge on any atom is -0.560 e. The fourth-order valence-corrected chi connectivity index (χ4v) is 3.01. The molecule has 14 heavy (non-hydrogen) atoms. The van der Waals surface area contributed by atoms with Crippen LogP contribution in [0.4, 0.5) is 0 Å². The van der Waals surface area contributed by atoms with Gasteiger partial charge in [-0.05, 0) is 18.9 Å². The largest absolute Gasteiger partial charge is 0.560 e. The van der Waals surface area contributed by atoms with Crippen LogP contribution in [0.1, 0.15) is 12.8 Å². The van der Waals surface area contributed by atoms with Crippen LogP contribution in [0.2, 0.25) is 0 Å². The molecule has 2 atom stereocenters. The molecule has 0 bridgehead atoms. The molecule has 76 valence electrons. The number of hydrogen-bond donors (Lipinski definition) is 0. The molecule has 1 N–H and O–H groups in total.